The molecule has 0 fully saturated rings. The molecule has 0 radical (unpaired) electrons. The normalized spacial score (nSPS) is 11.1. The summed E-state index contributed by atoms with van der Waals surface area (Å²) in [6.07, 6.45) is 9.74. The fourth-order valence-electron chi connectivity index (χ4n) is 3.25. The van der Waals surface area contributed by atoms with Crippen molar-refractivity contribution < 1.29 is 52.4 Å². The minimum absolute atomic E-state index is 0. The zero-order valence-corrected chi connectivity index (χ0v) is 20.2. The molecule has 0 aromatic heterocycles. The fourth-order valence-corrected chi connectivity index (χ4v) is 4.11. The molecule has 0 aliphatic heterocycles. The Hall–Kier alpha value is -1.05. The molecular formula is C22H29NaO5S. The van der Waals surface area contributed by atoms with Crippen molar-refractivity contribution in [2.45, 2.75) is 69.6 Å². The summed E-state index contributed by atoms with van der Waals surface area (Å²) >= 11 is 0. The van der Waals surface area contributed by atoms with Crippen LogP contribution in [0.5, 0.6) is 17.2 Å². The maximum absolute atomic E-state index is 12.0. The molecule has 2 aromatic carbocycles. The minimum atomic E-state index is -4.46. The number of ether oxygens (including phenoxy) is 1. The van der Waals surface area contributed by atoms with Crippen LogP contribution in [0.1, 0.15) is 63.9 Å². The molecule has 2 rings (SSSR count). The van der Waals surface area contributed by atoms with E-state index in [1.807, 2.05) is 0 Å². The zero-order valence-electron chi connectivity index (χ0n) is 17.4. The maximum atomic E-state index is 12.0. The molecule has 0 saturated carbocycles. The molecule has 154 valence electrons. The molecule has 0 aliphatic carbocycles. The van der Waals surface area contributed by atoms with Gasteiger partial charge in [0.25, 0.3) is 10.1 Å². The van der Waals surface area contributed by atoms with Crippen molar-refractivity contribution in [3.63, 3.8) is 0 Å². The van der Waals surface area contributed by atoms with E-state index in [9.17, 15) is 18.1 Å². The summed E-state index contributed by atoms with van der Waals surface area (Å²) < 4.78 is 39.3. The predicted molar refractivity (Wildman–Crippen MR) is 109 cm³/mol. The van der Waals surface area contributed by atoms with Crippen molar-refractivity contribution in [1.82, 2.24) is 0 Å². The topological polar surface area (TPSA) is 86.7 Å². The van der Waals surface area contributed by atoms with Crippen LogP contribution in [0, 0.1) is 0 Å². The van der Waals surface area contributed by atoms with Crippen molar-refractivity contribution in [1.29, 1.82) is 0 Å². The monoisotopic (exact) mass is 428 g/mol. The van der Waals surface area contributed by atoms with Gasteiger partial charge in [0.1, 0.15) is 16.4 Å². The summed E-state index contributed by atoms with van der Waals surface area (Å²) in [7, 11) is -4.46. The molecule has 0 atom stereocenters. The molecule has 2 aromatic rings. The van der Waals surface area contributed by atoms with Crippen LogP contribution in [-0.2, 0) is 16.5 Å². The van der Waals surface area contributed by atoms with E-state index < -0.39 is 10.1 Å². The van der Waals surface area contributed by atoms with Crippen molar-refractivity contribution in [3.05, 3.63) is 48.0 Å². The van der Waals surface area contributed by atoms with Gasteiger partial charge in [-0.1, -0.05) is 76.1 Å². The first kappa shape index (κ1) is 26.0. The minimum Gasteiger partial charge on any atom is -0.872 e. The first-order valence-electron chi connectivity index (χ1n) is 9.96. The summed E-state index contributed by atoms with van der Waals surface area (Å²) in [5.41, 5.74) is 0.532. The average molecular weight is 429 g/mol. The zero-order chi connectivity index (χ0) is 20.4. The fraction of sp³-hybridized carbons (Fsp3) is 0.455. The molecular weight excluding hydrogens is 399 g/mol. The summed E-state index contributed by atoms with van der Waals surface area (Å²) in [6, 6.07) is 10.6. The maximum Gasteiger partial charge on any atom is 1.00 e. The molecule has 29 heavy (non-hydrogen) atoms. The van der Waals surface area contributed by atoms with Gasteiger partial charge in [0.15, 0.2) is 0 Å². The van der Waals surface area contributed by atoms with E-state index >= 15 is 0 Å². The third-order valence-electron chi connectivity index (χ3n) is 4.65. The predicted octanol–water partition coefficient (Wildman–Crippen LogP) is 2.49. The van der Waals surface area contributed by atoms with E-state index in [1.165, 1.54) is 56.4 Å². The molecule has 0 spiro atoms. The summed E-state index contributed by atoms with van der Waals surface area (Å²) in [6.45, 7) is 2.20. The molecule has 5 nitrogen and oxygen atoms in total. The smallest absolute Gasteiger partial charge is 0.872 e. The van der Waals surface area contributed by atoms with Crippen LogP contribution in [0.3, 0.4) is 0 Å². The van der Waals surface area contributed by atoms with E-state index in [2.05, 4.69) is 6.92 Å². The number of hydrogen-bond acceptors (Lipinski definition) is 4. The van der Waals surface area contributed by atoms with Crippen LogP contribution < -0.4 is 39.4 Å². The second-order valence-corrected chi connectivity index (χ2v) is 8.38. The van der Waals surface area contributed by atoms with E-state index in [-0.39, 0.29) is 51.7 Å². The van der Waals surface area contributed by atoms with E-state index in [0.717, 1.165) is 19.3 Å². The van der Waals surface area contributed by atoms with Gasteiger partial charge in [-0.05, 0) is 36.6 Å². The van der Waals surface area contributed by atoms with Gasteiger partial charge in [0.05, 0.1) is 0 Å². The molecule has 0 amide bonds. The SMILES string of the molecule is CCCCCCCCCCc1cccc(Oc2cccc([O-])c2)c1S(=O)(=O)O.[Na+]. The van der Waals surface area contributed by atoms with E-state index in [1.54, 1.807) is 18.2 Å². The third kappa shape index (κ3) is 9.09. The van der Waals surface area contributed by atoms with E-state index in [4.69, 9.17) is 4.74 Å². The molecule has 0 heterocycles. The van der Waals surface area contributed by atoms with Gasteiger partial charge in [0.2, 0.25) is 0 Å². The van der Waals surface area contributed by atoms with Crippen molar-refractivity contribution in [2.24, 2.45) is 0 Å². The van der Waals surface area contributed by atoms with Gasteiger partial charge < -0.3 is 9.84 Å². The molecule has 0 bridgehead atoms. The average Bonchev–Trinajstić information content (AvgIpc) is 2.63. The number of benzene rings is 2. The van der Waals surface area contributed by atoms with Gasteiger partial charge in [-0.3, -0.25) is 4.55 Å². The van der Waals surface area contributed by atoms with Crippen LogP contribution in [0.4, 0.5) is 0 Å². The molecule has 7 heteroatoms. The van der Waals surface area contributed by atoms with Crippen LogP contribution in [0.25, 0.3) is 0 Å². The van der Waals surface area contributed by atoms with Crippen LogP contribution in [0.15, 0.2) is 47.4 Å². The summed E-state index contributed by atoms with van der Waals surface area (Å²) in [4.78, 5) is -0.214. The number of aryl methyl sites for hydroxylation is 1. The van der Waals surface area contributed by atoms with Gasteiger partial charge in [-0.2, -0.15) is 8.42 Å². The number of hydrogen-bond donors (Lipinski definition) is 1. The largest absolute Gasteiger partial charge is 1.00 e. The second kappa shape index (κ2) is 13.3. The quantitative estimate of drug-likeness (QED) is 0.319. The Morgan fingerprint density at radius 1 is 0.931 bits per heavy atom. The Labute approximate surface area is 196 Å². The third-order valence-corrected chi connectivity index (χ3v) is 5.63. The Bertz CT molecular complexity index is 852. The molecule has 1 N–H and O–H groups in total. The summed E-state index contributed by atoms with van der Waals surface area (Å²) in [5, 5.41) is 11.5. The van der Waals surface area contributed by atoms with E-state index in [0.29, 0.717) is 12.0 Å². The van der Waals surface area contributed by atoms with Gasteiger partial charge >= 0.3 is 29.6 Å². The first-order valence-corrected chi connectivity index (χ1v) is 11.4. The van der Waals surface area contributed by atoms with Crippen LogP contribution in [0.2, 0.25) is 0 Å². The van der Waals surface area contributed by atoms with Crippen LogP contribution in [-0.4, -0.2) is 13.0 Å². The van der Waals surface area contributed by atoms with Gasteiger partial charge in [-0.15, -0.1) is 5.75 Å². The van der Waals surface area contributed by atoms with Crippen LogP contribution >= 0.6 is 0 Å². The van der Waals surface area contributed by atoms with Crippen molar-refractivity contribution >= 4 is 10.1 Å². The van der Waals surface area contributed by atoms with Gasteiger partial charge in [0, 0.05) is 0 Å². The molecule has 0 saturated heterocycles. The second-order valence-electron chi connectivity index (χ2n) is 7.02. The first-order chi connectivity index (χ1) is 13.4. The summed E-state index contributed by atoms with van der Waals surface area (Å²) in [5.74, 6) is 0.0350. The van der Waals surface area contributed by atoms with Crippen molar-refractivity contribution in [2.75, 3.05) is 0 Å². The molecule has 0 aliphatic rings. The standard InChI is InChI=1S/C22H30O5S.Na/c1-2-3-4-5-6-7-8-9-12-18-13-10-16-21(22(18)28(24,25)26)27-20-15-11-14-19(23)17-20;/h10-11,13-17,23H,2-9,12H2,1H3,(H,24,25,26);/q;+1/p-1. The Balaban J connectivity index is 0.00000420. The Morgan fingerprint density at radius 3 is 2.17 bits per heavy atom. The Kier molecular flexibility index (Phi) is 11.9. The molecule has 0 unspecified atom stereocenters. The van der Waals surface area contributed by atoms with Gasteiger partial charge in [-0.25, -0.2) is 0 Å². The van der Waals surface area contributed by atoms with Crippen molar-refractivity contribution in [3.8, 4) is 17.2 Å². The number of rotatable bonds is 12. The number of unbranched alkanes of at least 4 members (excludes halogenated alkanes) is 7. The Morgan fingerprint density at radius 2 is 1.55 bits per heavy atom.